The molecule has 1 rings (SSSR count). The Morgan fingerprint density at radius 3 is 2.20 bits per heavy atom. The maximum atomic E-state index is 3.69. The molecule has 1 heteroatoms. The van der Waals surface area contributed by atoms with Crippen LogP contribution in [0.4, 0.5) is 0 Å². The minimum Gasteiger partial charge on any atom is -0.310 e. The summed E-state index contributed by atoms with van der Waals surface area (Å²) in [5, 5.41) is 3.69. The highest BCUT2D eigenvalue weighted by molar-refractivity contribution is 5.24. The SMILES string of the molecule is CC(C)=CC(C[C@H](C)c1ccc(C)cc1)NCC(C)C. The van der Waals surface area contributed by atoms with E-state index in [-0.39, 0.29) is 0 Å². The van der Waals surface area contributed by atoms with Gasteiger partial charge in [0.25, 0.3) is 0 Å². The second-order valence-electron chi connectivity index (χ2n) is 6.70. The van der Waals surface area contributed by atoms with Gasteiger partial charge in [0.15, 0.2) is 0 Å². The molecular formula is C19H31N. The normalized spacial score (nSPS) is 14.2. The Hall–Kier alpha value is -1.08. The molecule has 1 aromatic carbocycles. The van der Waals surface area contributed by atoms with E-state index in [0.717, 1.165) is 13.0 Å². The molecule has 20 heavy (non-hydrogen) atoms. The first-order chi connectivity index (χ1) is 9.38. The van der Waals surface area contributed by atoms with Gasteiger partial charge >= 0.3 is 0 Å². The molecule has 0 saturated carbocycles. The van der Waals surface area contributed by atoms with Crippen molar-refractivity contribution in [2.45, 2.75) is 59.9 Å². The van der Waals surface area contributed by atoms with Crippen molar-refractivity contribution in [2.75, 3.05) is 6.54 Å². The summed E-state index contributed by atoms with van der Waals surface area (Å²) < 4.78 is 0. The minimum atomic E-state index is 0.471. The lowest BCUT2D eigenvalue weighted by Crippen LogP contribution is -2.32. The van der Waals surface area contributed by atoms with E-state index in [9.17, 15) is 0 Å². The molecule has 0 amide bonds. The molecule has 0 aliphatic carbocycles. The summed E-state index contributed by atoms with van der Waals surface area (Å²) in [5.41, 5.74) is 4.16. The molecule has 0 heterocycles. The lowest BCUT2D eigenvalue weighted by atomic mass is 9.92. The fourth-order valence-electron chi connectivity index (χ4n) is 2.41. The summed E-state index contributed by atoms with van der Waals surface area (Å²) in [5.74, 6) is 1.27. The minimum absolute atomic E-state index is 0.471. The highest BCUT2D eigenvalue weighted by atomic mass is 14.9. The highest BCUT2D eigenvalue weighted by Gasteiger charge is 2.12. The van der Waals surface area contributed by atoms with E-state index < -0.39 is 0 Å². The van der Waals surface area contributed by atoms with Crippen LogP contribution in [-0.2, 0) is 0 Å². The Balaban J connectivity index is 2.67. The maximum Gasteiger partial charge on any atom is 0.0258 e. The number of aryl methyl sites for hydroxylation is 1. The molecule has 112 valence electrons. The third-order valence-electron chi connectivity index (χ3n) is 3.58. The van der Waals surface area contributed by atoms with Gasteiger partial charge in [-0.1, -0.05) is 62.2 Å². The van der Waals surface area contributed by atoms with Gasteiger partial charge in [-0.2, -0.15) is 0 Å². The quantitative estimate of drug-likeness (QED) is 0.684. The molecule has 2 atom stereocenters. The first-order valence-electron chi connectivity index (χ1n) is 7.83. The molecule has 0 fully saturated rings. The van der Waals surface area contributed by atoms with Crippen LogP contribution in [0, 0.1) is 12.8 Å². The molecule has 0 bridgehead atoms. The largest absolute Gasteiger partial charge is 0.310 e. The second-order valence-corrected chi connectivity index (χ2v) is 6.70. The number of hydrogen-bond acceptors (Lipinski definition) is 1. The van der Waals surface area contributed by atoms with Crippen LogP contribution in [0.25, 0.3) is 0 Å². The molecule has 0 aliphatic heterocycles. The molecule has 0 radical (unpaired) electrons. The first-order valence-corrected chi connectivity index (χ1v) is 7.83. The lowest BCUT2D eigenvalue weighted by molar-refractivity contribution is 0.468. The zero-order valence-corrected chi connectivity index (χ0v) is 14.0. The number of allylic oxidation sites excluding steroid dienone is 1. The predicted molar refractivity (Wildman–Crippen MR) is 90.3 cm³/mol. The van der Waals surface area contributed by atoms with Gasteiger partial charge in [0, 0.05) is 6.04 Å². The van der Waals surface area contributed by atoms with Gasteiger partial charge in [0.1, 0.15) is 0 Å². The van der Waals surface area contributed by atoms with Crippen LogP contribution in [0.1, 0.15) is 58.1 Å². The summed E-state index contributed by atoms with van der Waals surface area (Å²) in [6, 6.07) is 9.43. The van der Waals surface area contributed by atoms with Gasteiger partial charge < -0.3 is 5.32 Å². The Morgan fingerprint density at radius 1 is 1.10 bits per heavy atom. The van der Waals surface area contributed by atoms with Crippen LogP contribution in [-0.4, -0.2) is 12.6 Å². The average Bonchev–Trinajstić information content (AvgIpc) is 2.36. The van der Waals surface area contributed by atoms with Crippen LogP contribution >= 0.6 is 0 Å². The van der Waals surface area contributed by atoms with E-state index in [0.29, 0.717) is 17.9 Å². The van der Waals surface area contributed by atoms with Crippen LogP contribution in [0.5, 0.6) is 0 Å². The van der Waals surface area contributed by atoms with Gasteiger partial charge in [0.2, 0.25) is 0 Å². The van der Waals surface area contributed by atoms with Gasteiger partial charge in [-0.3, -0.25) is 0 Å². The average molecular weight is 273 g/mol. The van der Waals surface area contributed by atoms with Gasteiger partial charge in [-0.15, -0.1) is 0 Å². The third kappa shape index (κ3) is 6.38. The number of hydrogen-bond donors (Lipinski definition) is 1. The van der Waals surface area contributed by atoms with E-state index in [1.807, 2.05) is 0 Å². The van der Waals surface area contributed by atoms with Crippen molar-refractivity contribution >= 4 is 0 Å². The third-order valence-corrected chi connectivity index (χ3v) is 3.58. The lowest BCUT2D eigenvalue weighted by Gasteiger charge is -2.22. The molecule has 1 nitrogen and oxygen atoms in total. The summed E-state index contributed by atoms with van der Waals surface area (Å²) in [6.07, 6.45) is 3.52. The van der Waals surface area contributed by atoms with Crippen molar-refractivity contribution in [3.05, 3.63) is 47.0 Å². The molecule has 0 aromatic heterocycles. The molecule has 1 N–H and O–H groups in total. The monoisotopic (exact) mass is 273 g/mol. The van der Waals surface area contributed by atoms with Crippen molar-refractivity contribution in [2.24, 2.45) is 5.92 Å². The molecular weight excluding hydrogens is 242 g/mol. The maximum absolute atomic E-state index is 3.69. The van der Waals surface area contributed by atoms with E-state index >= 15 is 0 Å². The van der Waals surface area contributed by atoms with E-state index in [4.69, 9.17) is 0 Å². The van der Waals surface area contributed by atoms with Crippen molar-refractivity contribution < 1.29 is 0 Å². The van der Waals surface area contributed by atoms with Crippen molar-refractivity contribution in [1.82, 2.24) is 5.32 Å². The van der Waals surface area contributed by atoms with Crippen LogP contribution in [0.15, 0.2) is 35.9 Å². The van der Waals surface area contributed by atoms with Crippen molar-refractivity contribution in [3.63, 3.8) is 0 Å². The molecule has 1 aromatic rings. The van der Waals surface area contributed by atoms with Crippen molar-refractivity contribution in [1.29, 1.82) is 0 Å². The highest BCUT2D eigenvalue weighted by Crippen LogP contribution is 2.22. The van der Waals surface area contributed by atoms with Crippen LogP contribution in [0.2, 0.25) is 0 Å². The van der Waals surface area contributed by atoms with Gasteiger partial charge in [0.05, 0.1) is 0 Å². The number of nitrogens with one attached hydrogen (secondary N) is 1. The zero-order valence-electron chi connectivity index (χ0n) is 14.0. The van der Waals surface area contributed by atoms with Crippen LogP contribution in [0.3, 0.4) is 0 Å². The smallest absolute Gasteiger partial charge is 0.0258 e. The number of rotatable bonds is 7. The summed E-state index contributed by atoms with van der Waals surface area (Å²) in [6.45, 7) is 14.4. The number of benzene rings is 1. The van der Waals surface area contributed by atoms with Crippen LogP contribution < -0.4 is 5.32 Å². The molecule has 1 unspecified atom stereocenters. The topological polar surface area (TPSA) is 12.0 Å². The van der Waals surface area contributed by atoms with Gasteiger partial charge in [-0.25, -0.2) is 0 Å². The van der Waals surface area contributed by atoms with E-state index in [2.05, 4.69) is 77.2 Å². The fourth-order valence-corrected chi connectivity index (χ4v) is 2.41. The molecule has 0 saturated heterocycles. The summed E-state index contributed by atoms with van der Waals surface area (Å²) in [4.78, 5) is 0. The van der Waals surface area contributed by atoms with E-state index in [1.54, 1.807) is 0 Å². The Morgan fingerprint density at radius 2 is 1.70 bits per heavy atom. The standard InChI is InChI=1S/C19H31N/c1-14(2)11-19(20-13-15(3)4)12-17(6)18-9-7-16(5)8-10-18/h7-11,15,17,19-20H,12-13H2,1-6H3/t17-,19?/m0/s1. The summed E-state index contributed by atoms with van der Waals surface area (Å²) in [7, 11) is 0. The summed E-state index contributed by atoms with van der Waals surface area (Å²) >= 11 is 0. The van der Waals surface area contributed by atoms with Gasteiger partial charge in [-0.05, 0) is 51.1 Å². The molecule has 0 spiro atoms. The second kappa shape index (κ2) is 8.26. The first kappa shape index (κ1) is 17.0. The Bertz CT molecular complexity index is 410. The predicted octanol–water partition coefficient (Wildman–Crippen LogP) is 5.07. The van der Waals surface area contributed by atoms with Crippen molar-refractivity contribution in [3.8, 4) is 0 Å². The van der Waals surface area contributed by atoms with E-state index in [1.165, 1.54) is 16.7 Å². The fraction of sp³-hybridized carbons (Fsp3) is 0.579. The Labute approximate surface area is 125 Å². The zero-order chi connectivity index (χ0) is 15.1. The molecule has 0 aliphatic rings. The Kier molecular flexibility index (Phi) is 7.01.